The van der Waals surface area contributed by atoms with E-state index < -0.39 is 0 Å². The van der Waals surface area contributed by atoms with Gasteiger partial charge in [-0.2, -0.15) is 10.2 Å². The monoisotopic (exact) mass is 303 g/mol. The molecule has 2 aromatic heterocycles. The lowest BCUT2D eigenvalue weighted by Crippen LogP contribution is -2.40. The summed E-state index contributed by atoms with van der Waals surface area (Å²) >= 11 is 0. The van der Waals surface area contributed by atoms with E-state index in [1.165, 1.54) is 18.5 Å². The van der Waals surface area contributed by atoms with Crippen LogP contribution in [0.3, 0.4) is 0 Å². The highest BCUT2D eigenvalue weighted by atomic mass is 16.3. The first-order valence-corrected chi connectivity index (χ1v) is 8.02. The van der Waals surface area contributed by atoms with Gasteiger partial charge < -0.3 is 5.11 Å². The second-order valence-electron chi connectivity index (χ2n) is 6.28. The second-order valence-corrected chi connectivity index (χ2v) is 6.28. The van der Waals surface area contributed by atoms with E-state index in [1.807, 2.05) is 19.2 Å². The maximum Gasteiger partial charge on any atom is 0.0862 e. The predicted octanol–water partition coefficient (Wildman–Crippen LogP) is 1.22. The van der Waals surface area contributed by atoms with Gasteiger partial charge in [-0.3, -0.25) is 14.3 Å². The zero-order valence-electron chi connectivity index (χ0n) is 13.4. The molecule has 6 heteroatoms. The minimum Gasteiger partial charge on any atom is -0.390 e. The first kappa shape index (κ1) is 15.2. The van der Waals surface area contributed by atoms with E-state index in [0.29, 0.717) is 19.1 Å². The molecule has 1 saturated heterocycles. The molecule has 1 N–H and O–H groups in total. The highest BCUT2D eigenvalue weighted by Crippen LogP contribution is 2.20. The number of aryl methyl sites for hydroxylation is 2. The maximum atomic E-state index is 10.3. The molecule has 0 amide bonds. The van der Waals surface area contributed by atoms with Crippen LogP contribution in [0, 0.1) is 13.8 Å². The summed E-state index contributed by atoms with van der Waals surface area (Å²) in [6.45, 7) is 7.35. The van der Waals surface area contributed by atoms with Crippen LogP contribution in [-0.4, -0.2) is 54.8 Å². The number of hydrogen-bond donors (Lipinski definition) is 1. The SMILES string of the molecule is Cc1cc(C)n(C[C@H]2CCCN2C[C@H](O)Cn2cccn2)n1. The van der Waals surface area contributed by atoms with E-state index in [4.69, 9.17) is 0 Å². The summed E-state index contributed by atoms with van der Waals surface area (Å²) < 4.78 is 3.88. The second kappa shape index (κ2) is 6.62. The van der Waals surface area contributed by atoms with Gasteiger partial charge in [-0.25, -0.2) is 0 Å². The lowest BCUT2D eigenvalue weighted by Gasteiger charge is -2.27. The van der Waals surface area contributed by atoms with Gasteiger partial charge in [0.2, 0.25) is 0 Å². The standard InChI is InChI=1S/C16H25N5O/c1-13-9-14(2)21(18-13)10-15-5-3-7-19(15)11-16(22)12-20-8-4-6-17-20/h4,6,8-9,15-16,22H,3,5,7,10-12H2,1-2H3/t15-,16+/m1/s1. The first-order valence-electron chi connectivity index (χ1n) is 8.02. The molecule has 3 rings (SSSR count). The molecule has 3 heterocycles. The van der Waals surface area contributed by atoms with Crippen LogP contribution >= 0.6 is 0 Å². The summed E-state index contributed by atoms with van der Waals surface area (Å²) in [6.07, 6.45) is 5.61. The third-order valence-electron chi connectivity index (χ3n) is 4.39. The summed E-state index contributed by atoms with van der Waals surface area (Å²) in [4.78, 5) is 2.39. The van der Waals surface area contributed by atoms with Crippen molar-refractivity contribution in [2.24, 2.45) is 0 Å². The quantitative estimate of drug-likeness (QED) is 0.872. The molecule has 1 aliphatic heterocycles. The van der Waals surface area contributed by atoms with Crippen LogP contribution in [0.4, 0.5) is 0 Å². The van der Waals surface area contributed by atoms with E-state index in [9.17, 15) is 5.11 Å². The summed E-state index contributed by atoms with van der Waals surface area (Å²) in [5, 5.41) is 19.0. The Morgan fingerprint density at radius 1 is 1.36 bits per heavy atom. The summed E-state index contributed by atoms with van der Waals surface area (Å²) in [5.41, 5.74) is 2.28. The molecule has 0 bridgehead atoms. The molecule has 120 valence electrons. The number of likely N-dealkylation sites (tertiary alicyclic amines) is 1. The van der Waals surface area contributed by atoms with Gasteiger partial charge in [-0.1, -0.05) is 0 Å². The van der Waals surface area contributed by atoms with Crippen LogP contribution in [0.15, 0.2) is 24.5 Å². The molecule has 0 saturated carbocycles. The Bertz CT molecular complexity index is 592. The normalized spacial score (nSPS) is 20.6. The molecule has 0 aromatic carbocycles. The molecule has 2 atom stereocenters. The van der Waals surface area contributed by atoms with E-state index >= 15 is 0 Å². The fourth-order valence-electron chi connectivity index (χ4n) is 3.35. The van der Waals surface area contributed by atoms with Gasteiger partial charge in [0.05, 0.1) is 24.9 Å². The van der Waals surface area contributed by atoms with E-state index in [0.717, 1.165) is 18.8 Å². The van der Waals surface area contributed by atoms with Crippen LogP contribution in [0.1, 0.15) is 24.2 Å². The minimum atomic E-state index is -0.388. The molecular weight excluding hydrogens is 278 g/mol. The van der Waals surface area contributed by atoms with Gasteiger partial charge in [-0.05, 0) is 45.4 Å². The van der Waals surface area contributed by atoms with Crippen molar-refractivity contribution in [1.82, 2.24) is 24.5 Å². The number of hydrogen-bond acceptors (Lipinski definition) is 4. The predicted molar refractivity (Wildman–Crippen MR) is 84.5 cm³/mol. The van der Waals surface area contributed by atoms with Crippen LogP contribution in [-0.2, 0) is 13.1 Å². The number of β-amino-alcohol motifs (C(OH)–C–C–N with tert-alkyl or cyclic N) is 1. The van der Waals surface area contributed by atoms with Crippen molar-refractivity contribution in [2.75, 3.05) is 13.1 Å². The summed E-state index contributed by atoms with van der Waals surface area (Å²) in [7, 11) is 0. The molecule has 2 aromatic rings. The van der Waals surface area contributed by atoms with Gasteiger partial charge in [0.25, 0.3) is 0 Å². The molecule has 1 fully saturated rings. The van der Waals surface area contributed by atoms with Gasteiger partial charge >= 0.3 is 0 Å². The van der Waals surface area contributed by atoms with Crippen LogP contribution in [0.5, 0.6) is 0 Å². The summed E-state index contributed by atoms with van der Waals surface area (Å²) in [6, 6.07) is 4.46. The van der Waals surface area contributed by atoms with Crippen molar-refractivity contribution in [3.8, 4) is 0 Å². The maximum absolute atomic E-state index is 10.3. The van der Waals surface area contributed by atoms with Crippen LogP contribution in [0.2, 0.25) is 0 Å². The summed E-state index contributed by atoms with van der Waals surface area (Å²) in [5.74, 6) is 0. The zero-order valence-corrected chi connectivity index (χ0v) is 13.4. The number of nitrogens with zero attached hydrogens (tertiary/aromatic N) is 5. The third-order valence-corrected chi connectivity index (χ3v) is 4.39. The molecule has 0 spiro atoms. The van der Waals surface area contributed by atoms with E-state index in [-0.39, 0.29) is 6.10 Å². The first-order chi connectivity index (χ1) is 10.6. The van der Waals surface area contributed by atoms with Crippen molar-refractivity contribution in [1.29, 1.82) is 0 Å². The molecule has 22 heavy (non-hydrogen) atoms. The molecule has 1 aliphatic rings. The Morgan fingerprint density at radius 3 is 2.91 bits per heavy atom. The minimum absolute atomic E-state index is 0.388. The number of aliphatic hydroxyl groups is 1. The van der Waals surface area contributed by atoms with Crippen molar-refractivity contribution in [3.63, 3.8) is 0 Å². The van der Waals surface area contributed by atoms with Crippen LogP contribution < -0.4 is 0 Å². The largest absolute Gasteiger partial charge is 0.390 e. The number of aliphatic hydroxyl groups excluding tert-OH is 1. The van der Waals surface area contributed by atoms with Crippen molar-refractivity contribution < 1.29 is 5.11 Å². The van der Waals surface area contributed by atoms with Crippen molar-refractivity contribution in [2.45, 2.75) is 51.9 Å². The molecule has 0 aliphatic carbocycles. The van der Waals surface area contributed by atoms with Crippen molar-refractivity contribution >= 4 is 0 Å². The average molecular weight is 303 g/mol. The molecule has 0 radical (unpaired) electrons. The Kier molecular flexibility index (Phi) is 4.59. The highest BCUT2D eigenvalue weighted by Gasteiger charge is 2.27. The number of aromatic nitrogens is 4. The van der Waals surface area contributed by atoms with E-state index in [2.05, 4.69) is 32.8 Å². The fraction of sp³-hybridized carbons (Fsp3) is 0.625. The zero-order chi connectivity index (χ0) is 15.5. The van der Waals surface area contributed by atoms with Gasteiger partial charge in [-0.15, -0.1) is 0 Å². The lowest BCUT2D eigenvalue weighted by molar-refractivity contribution is 0.0845. The smallest absolute Gasteiger partial charge is 0.0862 e. The van der Waals surface area contributed by atoms with Crippen molar-refractivity contribution in [3.05, 3.63) is 35.9 Å². The fourth-order valence-corrected chi connectivity index (χ4v) is 3.35. The topological polar surface area (TPSA) is 59.1 Å². The Labute approximate surface area is 131 Å². The number of rotatable bonds is 6. The van der Waals surface area contributed by atoms with Crippen LogP contribution in [0.25, 0.3) is 0 Å². The Morgan fingerprint density at radius 2 is 2.23 bits per heavy atom. The highest BCUT2D eigenvalue weighted by molar-refractivity contribution is 5.07. The van der Waals surface area contributed by atoms with Gasteiger partial charge in [0, 0.05) is 30.7 Å². The molecular formula is C16H25N5O. The van der Waals surface area contributed by atoms with Gasteiger partial charge in [0.15, 0.2) is 0 Å². The van der Waals surface area contributed by atoms with Gasteiger partial charge in [0.1, 0.15) is 0 Å². The van der Waals surface area contributed by atoms with E-state index in [1.54, 1.807) is 10.9 Å². The molecule has 0 unspecified atom stereocenters. The molecule has 6 nitrogen and oxygen atoms in total. The average Bonchev–Trinajstić information content (AvgIpc) is 3.16. The Balaban J connectivity index is 1.57. The third kappa shape index (κ3) is 3.56. The lowest BCUT2D eigenvalue weighted by atomic mass is 10.2. The Hall–Kier alpha value is -1.66.